The number of carbonyl (C=O) groups excluding carboxylic acids is 1. The van der Waals surface area contributed by atoms with Crippen LogP contribution < -0.4 is 0 Å². The van der Waals surface area contributed by atoms with Crippen molar-refractivity contribution in [3.05, 3.63) is 29.8 Å². The van der Waals surface area contributed by atoms with Crippen LogP contribution in [0, 0.1) is 5.82 Å². The molecular formula is C10H12BrFN2O. The molecule has 0 saturated heterocycles. The first kappa shape index (κ1) is 12.1. The minimum atomic E-state index is -0.442. The molecule has 1 rings (SSSR count). The summed E-state index contributed by atoms with van der Waals surface area (Å²) in [5, 5.41) is 0. The van der Waals surface area contributed by atoms with Crippen molar-refractivity contribution in [2.45, 2.75) is 11.8 Å². The van der Waals surface area contributed by atoms with Crippen LogP contribution in [0.2, 0.25) is 0 Å². The second-order valence-electron chi connectivity index (χ2n) is 3.33. The predicted octanol–water partition coefficient (Wildman–Crippen LogP) is 2.08. The molecule has 1 amide bonds. The lowest BCUT2D eigenvalue weighted by molar-refractivity contribution is 0.0791. The number of pyridine rings is 1. The lowest BCUT2D eigenvalue weighted by atomic mass is 10.3. The molecule has 0 aliphatic carbocycles. The van der Waals surface area contributed by atoms with E-state index >= 15 is 0 Å². The number of nitrogens with zero attached hydrogens (tertiary/aromatic N) is 2. The Morgan fingerprint density at radius 1 is 1.67 bits per heavy atom. The topological polar surface area (TPSA) is 33.2 Å². The monoisotopic (exact) mass is 274 g/mol. The molecule has 1 aromatic heterocycles. The van der Waals surface area contributed by atoms with Gasteiger partial charge >= 0.3 is 0 Å². The summed E-state index contributed by atoms with van der Waals surface area (Å²) < 4.78 is 12.6. The van der Waals surface area contributed by atoms with Crippen molar-refractivity contribution in [1.29, 1.82) is 0 Å². The molecular weight excluding hydrogens is 263 g/mol. The number of carbonyl (C=O) groups is 1. The van der Waals surface area contributed by atoms with E-state index in [0.29, 0.717) is 6.54 Å². The molecule has 0 N–H and O–H groups in total. The van der Waals surface area contributed by atoms with E-state index in [0.717, 1.165) is 6.20 Å². The van der Waals surface area contributed by atoms with Gasteiger partial charge in [-0.25, -0.2) is 9.37 Å². The molecule has 15 heavy (non-hydrogen) atoms. The van der Waals surface area contributed by atoms with Crippen molar-refractivity contribution >= 4 is 21.8 Å². The highest BCUT2D eigenvalue weighted by atomic mass is 79.9. The number of halogens is 2. The predicted molar refractivity (Wildman–Crippen MR) is 59.5 cm³/mol. The highest BCUT2D eigenvalue weighted by molar-refractivity contribution is 9.09. The number of hydrogen-bond donors (Lipinski definition) is 0. The maximum Gasteiger partial charge on any atom is 0.272 e. The third-order valence-electron chi connectivity index (χ3n) is 1.82. The van der Waals surface area contributed by atoms with Crippen LogP contribution in [0.4, 0.5) is 4.39 Å². The minimum absolute atomic E-state index is 0.207. The van der Waals surface area contributed by atoms with Gasteiger partial charge in [0.15, 0.2) is 0 Å². The first-order valence-corrected chi connectivity index (χ1v) is 5.43. The van der Waals surface area contributed by atoms with Crippen LogP contribution in [0.3, 0.4) is 0 Å². The first-order valence-electron chi connectivity index (χ1n) is 4.52. The molecule has 0 aliphatic rings. The van der Waals surface area contributed by atoms with E-state index in [1.807, 2.05) is 6.92 Å². The zero-order valence-electron chi connectivity index (χ0n) is 8.58. The van der Waals surface area contributed by atoms with Crippen LogP contribution in [-0.2, 0) is 0 Å². The lowest BCUT2D eigenvalue weighted by Gasteiger charge is -2.17. The largest absolute Gasteiger partial charge is 0.339 e. The Balaban J connectivity index is 2.72. The Labute approximate surface area is 96.4 Å². The Morgan fingerprint density at radius 3 is 2.80 bits per heavy atom. The van der Waals surface area contributed by atoms with Gasteiger partial charge in [0.1, 0.15) is 11.5 Å². The van der Waals surface area contributed by atoms with Crippen molar-refractivity contribution in [3.8, 4) is 0 Å². The molecule has 0 saturated carbocycles. The van der Waals surface area contributed by atoms with E-state index in [1.54, 1.807) is 11.9 Å². The molecule has 82 valence electrons. The van der Waals surface area contributed by atoms with Crippen molar-refractivity contribution in [1.82, 2.24) is 9.88 Å². The quantitative estimate of drug-likeness (QED) is 0.791. The van der Waals surface area contributed by atoms with E-state index in [1.165, 1.54) is 12.1 Å². The van der Waals surface area contributed by atoms with E-state index in [9.17, 15) is 9.18 Å². The van der Waals surface area contributed by atoms with Crippen LogP contribution in [0.15, 0.2) is 18.3 Å². The molecule has 0 fully saturated rings. The van der Waals surface area contributed by atoms with E-state index in [4.69, 9.17) is 0 Å². The molecule has 1 atom stereocenters. The molecule has 0 aromatic carbocycles. The van der Waals surface area contributed by atoms with Gasteiger partial charge in [-0.3, -0.25) is 4.79 Å². The zero-order chi connectivity index (χ0) is 11.4. The Bertz CT molecular complexity index is 340. The van der Waals surface area contributed by atoms with Gasteiger partial charge < -0.3 is 4.90 Å². The summed E-state index contributed by atoms with van der Waals surface area (Å²) in [6.07, 6.45) is 1.04. The lowest BCUT2D eigenvalue weighted by Crippen LogP contribution is -2.31. The standard InChI is InChI=1S/C10H12BrFN2O/c1-7(11)6-14(2)10(15)9-4-3-8(12)5-13-9/h3-5,7H,6H2,1-2H3. The van der Waals surface area contributed by atoms with Crippen molar-refractivity contribution in [2.75, 3.05) is 13.6 Å². The van der Waals surface area contributed by atoms with Gasteiger partial charge in [-0.15, -0.1) is 0 Å². The van der Waals surface area contributed by atoms with Crippen molar-refractivity contribution in [2.24, 2.45) is 0 Å². The average molecular weight is 275 g/mol. The summed E-state index contributed by atoms with van der Waals surface area (Å²) in [5.74, 6) is -0.649. The summed E-state index contributed by atoms with van der Waals surface area (Å²) in [6.45, 7) is 2.53. The second-order valence-corrected chi connectivity index (χ2v) is 4.89. The first-order chi connectivity index (χ1) is 7.00. The highest BCUT2D eigenvalue weighted by Gasteiger charge is 2.14. The fraction of sp³-hybridized carbons (Fsp3) is 0.400. The summed E-state index contributed by atoms with van der Waals surface area (Å²) >= 11 is 3.35. The molecule has 0 aliphatic heterocycles. The fourth-order valence-corrected chi connectivity index (χ4v) is 1.59. The normalized spacial score (nSPS) is 12.3. The Hall–Kier alpha value is -0.970. The van der Waals surface area contributed by atoms with Gasteiger partial charge in [-0.2, -0.15) is 0 Å². The van der Waals surface area contributed by atoms with Crippen LogP contribution in [-0.4, -0.2) is 34.2 Å². The summed E-state index contributed by atoms with van der Waals surface area (Å²) in [7, 11) is 1.69. The smallest absolute Gasteiger partial charge is 0.272 e. The molecule has 5 heteroatoms. The fourth-order valence-electron chi connectivity index (χ4n) is 1.16. The third-order valence-corrected chi connectivity index (χ3v) is 2.11. The summed E-state index contributed by atoms with van der Waals surface area (Å²) in [5.41, 5.74) is 0.257. The van der Waals surface area contributed by atoms with Gasteiger partial charge in [0, 0.05) is 18.4 Å². The van der Waals surface area contributed by atoms with E-state index in [-0.39, 0.29) is 16.4 Å². The molecule has 1 unspecified atom stereocenters. The Morgan fingerprint density at radius 2 is 2.33 bits per heavy atom. The molecule has 3 nitrogen and oxygen atoms in total. The van der Waals surface area contributed by atoms with Crippen molar-refractivity contribution in [3.63, 3.8) is 0 Å². The van der Waals surface area contributed by atoms with Gasteiger partial charge in [-0.1, -0.05) is 22.9 Å². The van der Waals surface area contributed by atoms with Gasteiger partial charge in [0.25, 0.3) is 5.91 Å². The molecule has 1 heterocycles. The number of rotatable bonds is 3. The highest BCUT2D eigenvalue weighted by Crippen LogP contribution is 2.05. The van der Waals surface area contributed by atoms with Crippen LogP contribution in [0.1, 0.15) is 17.4 Å². The van der Waals surface area contributed by atoms with Gasteiger partial charge in [0.05, 0.1) is 6.20 Å². The second kappa shape index (κ2) is 5.21. The third kappa shape index (κ3) is 3.58. The number of hydrogen-bond acceptors (Lipinski definition) is 2. The molecule has 1 aromatic rings. The summed E-state index contributed by atoms with van der Waals surface area (Å²) in [6, 6.07) is 2.61. The SMILES string of the molecule is CC(Br)CN(C)C(=O)c1ccc(F)cn1. The number of aromatic nitrogens is 1. The maximum atomic E-state index is 12.6. The zero-order valence-corrected chi connectivity index (χ0v) is 10.2. The molecule has 0 bridgehead atoms. The molecule has 0 radical (unpaired) electrons. The summed E-state index contributed by atoms with van der Waals surface area (Å²) in [4.78, 5) is 17.2. The van der Waals surface area contributed by atoms with E-state index < -0.39 is 5.82 Å². The van der Waals surface area contributed by atoms with Crippen LogP contribution in [0.5, 0.6) is 0 Å². The number of amides is 1. The van der Waals surface area contributed by atoms with Crippen LogP contribution in [0.25, 0.3) is 0 Å². The molecule has 0 spiro atoms. The van der Waals surface area contributed by atoms with Crippen LogP contribution >= 0.6 is 15.9 Å². The van der Waals surface area contributed by atoms with E-state index in [2.05, 4.69) is 20.9 Å². The maximum absolute atomic E-state index is 12.6. The van der Waals surface area contributed by atoms with Gasteiger partial charge in [-0.05, 0) is 12.1 Å². The van der Waals surface area contributed by atoms with Crippen molar-refractivity contribution < 1.29 is 9.18 Å². The average Bonchev–Trinajstić information content (AvgIpc) is 2.17. The number of alkyl halides is 1. The van der Waals surface area contributed by atoms with Gasteiger partial charge in [0.2, 0.25) is 0 Å². The Kier molecular flexibility index (Phi) is 4.20. The minimum Gasteiger partial charge on any atom is -0.339 e.